The quantitative estimate of drug-likeness (QED) is 0.779. The first-order valence-corrected chi connectivity index (χ1v) is 8.80. The number of nitrogens with two attached hydrogens (primary N) is 1. The SMILES string of the molecule is N[C@@H]1CN(C(=O)CCn2c(=O)oc3ccccc32)C[C@H]1c1ccccc1. The third kappa shape index (κ3) is 3.04. The molecule has 0 aliphatic carbocycles. The average molecular weight is 351 g/mol. The van der Waals surface area contributed by atoms with E-state index in [2.05, 4.69) is 12.1 Å². The summed E-state index contributed by atoms with van der Waals surface area (Å²) in [7, 11) is 0. The number of oxazole rings is 1. The largest absolute Gasteiger partial charge is 0.419 e. The van der Waals surface area contributed by atoms with Crippen molar-refractivity contribution in [3.63, 3.8) is 0 Å². The molecule has 0 radical (unpaired) electrons. The second-order valence-corrected chi connectivity index (χ2v) is 6.72. The number of hydrogen-bond donors (Lipinski definition) is 1. The number of likely N-dealkylation sites (tertiary alicyclic amines) is 1. The minimum atomic E-state index is -0.431. The Bertz CT molecular complexity index is 977. The highest BCUT2D eigenvalue weighted by Crippen LogP contribution is 2.26. The van der Waals surface area contributed by atoms with Crippen LogP contribution in [0.15, 0.2) is 63.8 Å². The number of aryl methyl sites for hydroxylation is 1. The summed E-state index contributed by atoms with van der Waals surface area (Å²) in [5, 5.41) is 0. The molecule has 6 heteroatoms. The summed E-state index contributed by atoms with van der Waals surface area (Å²) in [6, 6.07) is 17.2. The van der Waals surface area contributed by atoms with E-state index in [0.29, 0.717) is 30.7 Å². The highest BCUT2D eigenvalue weighted by molar-refractivity contribution is 5.77. The number of nitrogens with zero attached hydrogens (tertiary/aromatic N) is 2. The molecule has 134 valence electrons. The first-order chi connectivity index (χ1) is 12.6. The van der Waals surface area contributed by atoms with Crippen LogP contribution in [-0.2, 0) is 11.3 Å². The van der Waals surface area contributed by atoms with Gasteiger partial charge in [-0.1, -0.05) is 42.5 Å². The highest BCUT2D eigenvalue weighted by Gasteiger charge is 2.33. The van der Waals surface area contributed by atoms with Crippen molar-refractivity contribution in [3.8, 4) is 0 Å². The van der Waals surface area contributed by atoms with Gasteiger partial charge in [0.15, 0.2) is 5.58 Å². The lowest BCUT2D eigenvalue weighted by Gasteiger charge is -2.16. The summed E-state index contributed by atoms with van der Waals surface area (Å²) >= 11 is 0. The van der Waals surface area contributed by atoms with Crippen molar-refractivity contribution >= 4 is 17.0 Å². The van der Waals surface area contributed by atoms with Crippen molar-refractivity contribution in [1.29, 1.82) is 0 Å². The minimum Gasteiger partial charge on any atom is -0.408 e. The zero-order valence-corrected chi connectivity index (χ0v) is 14.4. The van der Waals surface area contributed by atoms with Crippen molar-refractivity contribution in [3.05, 3.63) is 70.7 Å². The Morgan fingerprint density at radius 2 is 1.81 bits per heavy atom. The van der Waals surface area contributed by atoms with Gasteiger partial charge in [0.2, 0.25) is 5.91 Å². The Labute approximate surface area is 150 Å². The van der Waals surface area contributed by atoms with Crippen LogP contribution in [0.2, 0.25) is 0 Å². The topological polar surface area (TPSA) is 81.5 Å². The lowest BCUT2D eigenvalue weighted by molar-refractivity contribution is -0.130. The van der Waals surface area contributed by atoms with E-state index in [1.165, 1.54) is 4.57 Å². The molecule has 1 saturated heterocycles. The van der Waals surface area contributed by atoms with E-state index < -0.39 is 5.76 Å². The van der Waals surface area contributed by atoms with Crippen molar-refractivity contribution in [2.75, 3.05) is 13.1 Å². The fraction of sp³-hybridized carbons (Fsp3) is 0.300. The zero-order chi connectivity index (χ0) is 18.1. The second kappa shape index (κ2) is 6.80. The lowest BCUT2D eigenvalue weighted by Crippen LogP contribution is -2.33. The number of para-hydroxylation sites is 2. The van der Waals surface area contributed by atoms with Gasteiger partial charge in [0, 0.05) is 38.0 Å². The van der Waals surface area contributed by atoms with Crippen molar-refractivity contribution in [2.24, 2.45) is 5.73 Å². The maximum absolute atomic E-state index is 12.6. The molecule has 1 fully saturated rings. The van der Waals surface area contributed by atoms with Crippen molar-refractivity contribution < 1.29 is 9.21 Å². The number of aromatic nitrogens is 1. The smallest absolute Gasteiger partial charge is 0.408 e. The standard InChI is InChI=1S/C20H21N3O3/c21-16-13-22(12-15(16)14-6-2-1-3-7-14)19(24)10-11-23-17-8-4-5-9-18(17)26-20(23)25/h1-9,15-16H,10-13,21H2/t15-,16+/m0/s1. The summed E-state index contributed by atoms with van der Waals surface area (Å²) in [5.74, 6) is -0.270. The maximum atomic E-state index is 12.6. The zero-order valence-electron chi connectivity index (χ0n) is 14.4. The summed E-state index contributed by atoms with van der Waals surface area (Å²) in [4.78, 5) is 26.4. The number of amides is 1. The van der Waals surface area contributed by atoms with Crippen LogP contribution in [0.5, 0.6) is 0 Å². The van der Waals surface area contributed by atoms with Gasteiger partial charge < -0.3 is 15.1 Å². The molecule has 2 atom stereocenters. The molecule has 1 amide bonds. The molecule has 2 N–H and O–H groups in total. The molecular formula is C20H21N3O3. The molecule has 2 heterocycles. The van der Waals surface area contributed by atoms with Gasteiger partial charge in [-0.05, 0) is 17.7 Å². The third-order valence-electron chi connectivity index (χ3n) is 5.07. The van der Waals surface area contributed by atoms with Gasteiger partial charge in [0.05, 0.1) is 5.52 Å². The number of carbonyl (C=O) groups is 1. The minimum absolute atomic E-state index is 0.0102. The molecular weight excluding hydrogens is 330 g/mol. The van der Waals surface area contributed by atoms with Gasteiger partial charge >= 0.3 is 5.76 Å². The van der Waals surface area contributed by atoms with Gasteiger partial charge in [-0.2, -0.15) is 0 Å². The fourth-order valence-corrected chi connectivity index (χ4v) is 3.68. The predicted molar refractivity (Wildman–Crippen MR) is 98.8 cm³/mol. The molecule has 1 aliphatic rings. The van der Waals surface area contributed by atoms with Crippen molar-refractivity contribution in [1.82, 2.24) is 9.47 Å². The summed E-state index contributed by atoms with van der Waals surface area (Å²) in [6.07, 6.45) is 0.248. The van der Waals surface area contributed by atoms with Gasteiger partial charge in [-0.25, -0.2) is 4.79 Å². The molecule has 0 unspecified atom stereocenters. The van der Waals surface area contributed by atoms with Crippen LogP contribution in [0.25, 0.3) is 11.1 Å². The van der Waals surface area contributed by atoms with E-state index in [9.17, 15) is 9.59 Å². The van der Waals surface area contributed by atoms with Crippen molar-refractivity contribution in [2.45, 2.75) is 24.9 Å². The van der Waals surface area contributed by atoms with Crippen LogP contribution >= 0.6 is 0 Å². The number of carbonyl (C=O) groups excluding carboxylic acids is 1. The Hall–Kier alpha value is -2.86. The molecule has 26 heavy (non-hydrogen) atoms. The Morgan fingerprint density at radius 1 is 1.08 bits per heavy atom. The number of rotatable bonds is 4. The summed E-state index contributed by atoms with van der Waals surface area (Å²) < 4.78 is 6.72. The number of hydrogen-bond acceptors (Lipinski definition) is 4. The molecule has 0 saturated carbocycles. The van der Waals surface area contributed by atoms with Gasteiger partial charge in [0.1, 0.15) is 0 Å². The van der Waals surface area contributed by atoms with Crippen LogP contribution in [0.1, 0.15) is 17.9 Å². The lowest BCUT2D eigenvalue weighted by atomic mass is 9.95. The Balaban J connectivity index is 1.44. The molecule has 0 spiro atoms. The van der Waals surface area contributed by atoms with Crippen LogP contribution in [0.4, 0.5) is 0 Å². The maximum Gasteiger partial charge on any atom is 0.419 e. The molecule has 6 nitrogen and oxygen atoms in total. The molecule has 3 aromatic rings. The molecule has 1 aromatic heterocycles. The van der Waals surface area contributed by atoms with E-state index in [0.717, 1.165) is 5.56 Å². The van der Waals surface area contributed by atoms with Gasteiger partial charge in [0.25, 0.3) is 0 Å². The molecule has 1 aliphatic heterocycles. The second-order valence-electron chi connectivity index (χ2n) is 6.72. The average Bonchev–Trinajstić information content (AvgIpc) is 3.20. The predicted octanol–water partition coefficient (Wildman–Crippen LogP) is 1.94. The Morgan fingerprint density at radius 3 is 2.62 bits per heavy atom. The monoisotopic (exact) mass is 351 g/mol. The van der Waals surface area contributed by atoms with Crippen LogP contribution in [0, 0.1) is 0 Å². The normalized spacial score (nSPS) is 20.0. The highest BCUT2D eigenvalue weighted by atomic mass is 16.4. The first-order valence-electron chi connectivity index (χ1n) is 8.80. The van der Waals surface area contributed by atoms with Gasteiger partial charge in [-0.15, -0.1) is 0 Å². The number of fused-ring (bicyclic) bond motifs is 1. The van der Waals surface area contributed by atoms with Crippen LogP contribution < -0.4 is 11.5 Å². The van der Waals surface area contributed by atoms with Gasteiger partial charge in [-0.3, -0.25) is 9.36 Å². The van der Waals surface area contributed by atoms with E-state index in [4.69, 9.17) is 10.2 Å². The summed E-state index contributed by atoms with van der Waals surface area (Å²) in [6.45, 7) is 1.46. The van der Waals surface area contributed by atoms with E-state index in [1.807, 2.05) is 36.4 Å². The molecule has 0 bridgehead atoms. The van der Waals surface area contributed by atoms with E-state index >= 15 is 0 Å². The third-order valence-corrected chi connectivity index (χ3v) is 5.07. The summed E-state index contributed by atoms with van der Waals surface area (Å²) in [5.41, 5.74) is 8.68. The van der Waals surface area contributed by atoms with E-state index in [1.54, 1.807) is 11.0 Å². The first kappa shape index (κ1) is 16.6. The van der Waals surface area contributed by atoms with E-state index in [-0.39, 0.29) is 24.3 Å². The fourth-order valence-electron chi connectivity index (χ4n) is 3.68. The Kier molecular flexibility index (Phi) is 4.34. The van der Waals surface area contributed by atoms with Crippen LogP contribution in [-0.4, -0.2) is 34.5 Å². The van der Waals surface area contributed by atoms with Crippen LogP contribution in [0.3, 0.4) is 0 Å². The molecule has 4 rings (SSSR count). The number of benzene rings is 2. The molecule has 2 aromatic carbocycles.